The minimum Gasteiger partial charge on any atom is -0.355 e. The Labute approximate surface area is 119 Å². The minimum absolute atomic E-state index is 0.226. The van der Waals surface area contributed by atoms with Crippen molar-refractivity contribution < 1.29 is 4.39 Å². The third kappa shape index (κ3) is 3.36. The lowest BCUT2D eigenvalue weighted by Gasteiger charge is -2.17. The van der Waals surface area contributed by atoms with E-state index in [1.54, 1.807) is 12.1 Å². The molecule has 0 unspecified atom stereocenters. The van der Waals surface area contributed by atoms with Gasteiger partial charge in [-0.3, -0.25) is 0 Å². The van der Waals surface area contributed by atoms with E-state index in [1.807, 2.05) is 18.2 Å². The van der Waals surface area contributed by atoms with Crippen LogP contribution in [-0.4, -0.2) is 6.54 Å². The van der Waals surface area contributed by atoms with Crippen LogP contribution in [-0.2, 0) is 6.42 Å². The van der Waals surface area contributed by atoms with Crippen LogP contribution in [0.25, 0.3) is 0 Å². The van der Waals surface area contributed by atoms with Gasteiger partial charge in [0.05, 0.1) is 0 Å². The summed E-state index contributed by atoms with van der Waals surface area (Å²) in [6, 6.07) is 13.0. The van der Waals surface area contributed by atoms with Crippen molar-refractivity contribution in [2.45, 2.75) is 26.2 Å². The first kappa shape index (κ1) is 14.5. The molecule has 0 aromatic heterocycles. The SMILES string of the molecule is CC(C)c1ccccc1Nc1ccc(F)cc1CCN. The Morgan fingerprint density at radius 1 is 1.10 bits per heavy atom. The van der Waals surface area contributed by atoms with E-state index in [-0.39, 0.29) is 5.82 Å². The first-order chi connectivity index (χ1) is 9.61. The van der Waals surface area contributed by atoms with Crippen LogP contribution in [0.2, 0.25) is 0 Å². The van der Waals surface area contributed by atoms with Crippen LogP contribution in [0.4, 0.5) is 15.8 Å². The number of hydrogen-bond acceptors (Lipinski definition) is 2. The highest BCUT2D eigenvalue weighted by atomic mass is 19.1. The summed E-state index contributed by atoms with van der Waals surface area (Å²) in [5.74, 6) is 0.202. The largest absolute Gasteiger partial charge is 0.355 e. The van der Waals surface area contributed by atoms with Gasteiger partial charge in [-0.05, 0) is 54.3 Å². The van der Waals surface area contributed by atoms with E-state index in [2.05, 4.69) is 25.2 Å². The molecule has 0 saturated heterocycles. The van der Waals surface area contributed by atoms with Crippen molar-refractivity contribution in [1.29, 1.82) is 0 Å². The van der Waals surface area contributed by atoms with Crippen molar-refractivity contribution in [3.8, 4) is 0 Å². The fraction of sp³-hybridized carbons (Fsp3) is 0.294. The quantitative estimate of drug-likeness (QED) is 0.856. The lowest BCUT2D eigenvalue weighted by atomic mass is 10.0. The molecule has 0 heterocycles. The predicted octanol–water partition coefficient (Wildman–Crippen LogP) is 4.19. The number of hydrogen-bond donors (Lipinski definition) is 2. The Morgan fingerprint density at radius 2 is 1.85 bits per heavy atom. The van der Waals surface area contributed by atoms with Gasteiger partial charge in [0.15, 0.2) is 0 Å². The lowest BCUT2D eigenvalue weighted by Crippen LogP contribution is -2.06. The van der Waals surface area contributed by atoms with Crippen molar-refractivity contribution in [3.63, 3.8) is 0 Å². The third-order valence-electron chi connectivity index (χ3n) is 3.33. The smallest absolute Gasteiger partial charge is 0.123 e. The Kier molecular flexibility index (Phi) is 4.74. The number of rotatable bonds is 5. The second kappa shape index (κ2) is 6.53. The number of nitrogens with one attached hydrogen (secondary N) is 1. The molecule has 2 aromatic carbocycles. The van der Waals surface area contributed by atoms with Gasteiger partial charge < -0.3 is 11.1 Å². The molecule has 0 saturated carbocycles. The summed E-state index contributed by atoms with van der Waals surface area (Å²) < 4.78 is 13.3. The van der Waals surface area contributed by atoms with E-state index in [0.717, 1.165) is 16.9 Å². The standard InChI is InChI=1S/C17H21FN2/c1-12(2)15-5-3-4-6-17(15)20-16-8-7-14(18)11-13(16)9-10-19/h3-8,11-12,20H,9-10,19H2,1-2H3. The maximum absolute atomic E-state index is 13.3. The number of halogens is 1. The van der Waals surface area contributed by atoms with E-state index in [9.17, 15) is 4.39 Å². The highest BCUT2D eigenvalue weighted by Crippen LogP contribution is 2.28. The number of anilines is 2. The van der Waals surface area contributed by atoms with Gasteiger partial charge in [-0.2, -0.15) is 0 Å². The molecule has 106 valence electrons. The highest BCUT2D eigenvalue weighted by molar-refractivity contribution is 5.66. The molecular formula is C17H21FN2. The zero-order chi connectivity index (χ0) is 14.5. The Balaban J connectivity index is 2.35. The van der Waals surface area contributed by atoms with Crippen LogP contribution in [0.5, 0.6) is 0 Å². The van der Waals surface area contributed by atoms with Gasteiger partial charge >= 0.3 is 0 Å². The molecule has 3 heteroatoms. The zero-order valence-corrected chi connectivity index (χ0v) is 12.0. The normalized spacial score (nSPS) is 10.8. The number of para-hydroxylation sites is 1. The molecular weight excluding hydrogens is 251 g/mol. The molecule has 0 aliphatic rings. The summed E-state index contributed by atoms with van der Waals surface area (Å²) in [5.41, 5.74) is 9.74. The Bertz CT molecular complexity index is 579. The molecule has 0 aliphatic carbocycles. The molecule has 0 amide bonds. The lowest BCUT2D eigenvalue weighted by molar-refractivity contribution is 0.625. The van der Waals surface area contributed by atoms with E-state index >= 15 is 0 Å². The van der Waals surface area contributed by atoms with Crippen LogP contribution in [0, 0.1) is 5.82 Å². The van der Waals surface area contributed by atoms with Crippen LogP contribution < -0.4 is 11.1 Å². The van der Waals surface area contributed by atoms with Gasteiger partial charge in [0.25, 0.3) is 0 Å². The number of benzene rings is 2. The minimum atomic E-state index is -0.226. The van der Waals surface area contributed by atoms with Gasteiger partial charge in [0, 0.05) is 11.4 Å². The summed E-state index contributed by atoms with van der Waals surface area (Å²) in [4.78, 5) is 0. The summed E-state index contributed by atoms with van der Waals surface area (Å²) in [7, 11) is 0. The van der Waals surface area contributed by atoms with Crippen molar-refractivity contribution >= 4 is 11.4 Å². The summed E-state index contributed by atoms with van der Waals surface area (Å²) in [6.07, 6.45) is 0.657. The Hall–Kier alpha value is -1.87. The number of nitrogens with two attached hydrogens (primary N) is 1. The fourth-order valence-electron chi connectivity index (χ4n) is 2.31. The molecule has 0 spiro atoms. The molecule has 2 aromatic rings. The van der Waals surface area contributed by atoms with Gasteiger partial charge in [0.1, 0.15) is 5.82 Å². The monoisotopic (exact) mass is 272 g/mol. The first-order valence-electron chi connectivity index (χ1n) is 6.96. The molecule has 0 radical (unpaired) electrons. The molecule has 0 bridgehead atoms. The van der Waals surface area contributed by atoms with Gasteiger partial charge in [-0.25, -0.2) is 4.39 Å². The topological polar surface area (TPSA) is 38.0 Å². The average molecular weight is 272 g/mol. The molecule has 0 aliphatic heterocycles. The van der Waals surface area contributed by atoms with Crippen molar-refractivity contribution in [2.24, 2.45) is 5.73 Å². The second-order valence-electron chi connectivity index (χ2n) is 5.21. The van der Waals surface area contributed by atoms with E-state index in [1.165, 1.54) is 11.6 Å². The van der Waals surface area contributed by atoms with E-state index in [4.69, 9.17) is 5.73 Å². The van der Waals surface area contributed by atoms with Gasteiger partial charge in [0.2, 0.25) is 0 Å². The van der Waals surface area contributed by atoms with Gasteiger partial charge in [-0.1, -0.05) is 32.0 Å². The van der Waals surface area contributed by atoms with Crippen LogP contribution in [0.3, 0.4) is 0 Å². The maximum atomic E-state index is 13.3. The Morgan fingerprint density at radius 3 is 2.55 bits per heavy atom. The van der Waals surface area contributed by atoms with E-state index < -0.39 is 0 Å². The van der Waals surface area contributed by atoms with E-state index in [0.29, 0.717) is 18.9 Å². The average Bonchev–Trinajstić information content (AvgIpc) is 2.42. The molecule has 2 nitrogen and oxygen atoms in total. The zero-order valence-electron chi connectivity index (χ0n) is 12.0. The molecule has 0 fully saturated rings. The van der Waals surface area contributed by atoms with Crippen molar-refractivity contribution in [3.05, 3.63) is 59.4 Å². The van der Waals surface area contributed by atoms with Gasteiger partial charge in [-0.15, -0.1) is 0 Å². The molecule has 2 rings (SSSR count). The summed E-state index contributed by atoms with van der Waals surface area (Å²) in [6.45, 7) is 4.82. The van der Waals surface area contributed by atoms with Crippen LogP contribution >= 0.6 is 0 Å². The molecule has 3 N–H and O–H groups in total. The summed E-state index contributed by atoms with van der Waals surface area (Å²) >= 11 is 0. The van der Waals surface area contributed by atoms with Crippen molar-refractivity contribution in [2.75, 3.05) is 11.9 Å². The molecule has 0 atom stereocenters. The second-order valence-corrected chi connectivity index (χ2v) is 5.21. The maximum Gasteiger partial charge on any atom is 0.123 e. The predicted molar refractivity (Wildman–Crippen MR) is 83.0 cm³/mol. The van der Waals surface area contributed by atoms with Crippen LogP contribution in [0.15, 0.2) is 42.5 Å². The van der Waals surface area contributed by atoms with Crippen molar-refractivity contribution in [1.82, 2.24) is 0 Å². The highest BCUT2D eigenvalue weighted by Gasteiger charge is 2.09. The fourth-order valence-corrected chi connectivity index (χ4v) is 2.31. The third-order valence-corrected chi connectivity index (χ3v) is 3.33. The van der Waals surface area contributed by atoms with Crippen LogP contribution in [0.1, 0.15) is 30.9 Å². The summed E-state index contributed by atoms with van der Waals surface area (Å²) in [5, 5.41) is 3.41. The first-order valence-corrected chi connectivity index (χ1v) is 6.96. The molecule has 20 heavy (non-hydrogen) atoms.